The van der Waals surface area contributed by atoms with Crippen molar-refractivity contribution in [2.45, 2.75) is 32.2 Å². The minimum absolute atomic E-state index is 0.268. The van der Waals surface area contributed by atoms with E-state index in [-0.39, 0.29) is 29.4 Å². The minimum atomic E-state index is -0.643. The highest BCUT2D eigenvalue weighted by Crippen LogP contribution is 2.39. The van der Waals surface area contributed by atoms with Crippen molar-refractivity contribution < 1.29 is 24.2 Å². The fourth-order valence-corrected chi connectivity index (χ4v) is 4.44. The number of methoxy groups -OCH3 is 1. The van der Waals surface area contributed by atoms with E-state index in [4.69, 9.17) is 32.7 Å². The maximum absolute atomic E-state index is 13.1. The molecular weight excluding hydrogens is 479 g/mol. The van der Waals surface area contributed by atoms with E-state index in [0.29, 0.717) is 46.0 Å². The monoisotopic (exact) mass is 506 g/mol. The van der Waals surface area contributed by atoms with Gasteiger partial charge in [-0.15, -0.1) is 0 Å². The van der Waals surface area contributed by atoms with Gasteiger partial charge in [-0.25, -0.2) is 0 Å². The van der Waals surface area contributed by atoms with Gasteiger partial charge in [-0.3, -0.25) is 9.59 Å². The second kappa shape index (κ2) is 11.1. The van der Waals surface area contributed by atoms with Crippen molar-refractivity contribution in [2.24, 2.45) is 7.05 Å². The first-order valence-corrected chi connectivity index (χ1v) is 11.7. The molecule has 0 aliphatic heterocycles. The number of esters is 1. The van der Waals surface area contributed by atoms with Crippen LogP contribution in [0.1, 0.15) is 53.8 Å². The van der Waals surface area contributed by atoms with Crippen LogP contribution in [0.5, 0.6) is 5.75 Å². The highest BCUT2D eigenvalue weighted by molar-refractivity contribution is 6.46. The molecule has 0 spiro atoms. The Labute approximate surface area is 208 Å². The molecule has 9 heteroatoms. The van der Waals surface area contributed by atoms with Crippen molar-refractivity contribution in [3.63, 3.8) is 0 Å². The number of carbonyl (C=O) groups is 2. The lowest BCUT2D eigenvalue weighted by atomic mass is 9.94. The van der Waals surface area contributed by atoms with Gasteiger partial charge >= 0.3 is 5.97 Å². The number of benzene rings is 2. The number of nitrogens with zero attached hydrogens (tertiary/aromatic N) is 1. The Bertz CT molecular complexity index is 1190. The van der Waals surface area contributed by atoms with Crippen LogP contribution in [0.25, 0.3) is 10.9 Å². The van der Waals surface area contributed by atoms with Crippen LogP contribution in [-0.4, -0.2) is 41.9 Å². The van der Waals surface area contributed by atoms with Crippen LogP contribution in [0.2, 0.25) is 10.0 Å². The maximum Gasteiger partial charge on any atom is 0.313 e. The summed E-state index contributed by atoms with van der Waals surface area (Å²) in [7, 11) is 3.23. The zero-order chi connectivity index (χ0) is 25.0. The Morgan fingerprint density at radius 2 is 1.74 bits per heavy atom. The van der Waals surface area contributed by atoms with Crippen LogP contribution in [0, 0.1) is 0 Å². The van der Waals surface area contributed by atoms with E-state index < -0.39 is 6.04 Å². The maximum atomic E-state index is 13.1. The van der Waals surface area contributed by atoms with Gasteiger partial charge in [0.05, 0.1) is 42.8 Å². The van der Waals surface area contributed by atoms with E-state index in [1.54, 1.807) is 42.8 Å². The number of fused-ring (bicyclic) bond motifs is 1. The third-order valence-electron chi connectivity index (χ3n) is 5.85. The molecule has 0 saturated carbocycles. The molecule has 0 aliphatic rings. The molecule has 2 N–H and O–H groups in total. The lowest BCUT2D eigenvalue weighted by Crippen LogP contribution is -2.32. The molecule has 1 heterocycles. The number of hydrogen-bond acceptors (Lipinski definition) is 5. The molecule has 2 aromatic carbocycles. The number of ether oxygens (including phenoxy) is 2. The van der Waals surface area contributed by atoms with Crippen LogP contribution >= 0.6 is 23.2 Å². The van der Waals surface area contributed by atoms with Crippen molar-refractivity contribution >= 4 is 46.0 Å². The number of carbonyl (C=O) groups excluding carboxylic acids is 2. The third kappa shape index (κ3) is 5.02. The summed E-state index contributed by atoms with van der Waals surface area (Å²) in [6, 6.07) is 9.95. The Morgan fingerprint density at radius 1 is 1.09 bits per heavy atom. The predicted octanol–water partition coefficient (Wildman–Crippen LogP) is 5.01. The summed E-state index contributed by atoms with van der Waals surface area (Å²) in [5.41, 5.74) is 2.57. The first-order chi connectivity index (χ1) is 16.3. The molecule has 3 rings (SSSR count). The van der Waals surface area contributed by atoms with Gasteiger partial charge < -0.3 is 24.5 Å². The van der Waals surface area contributed by atoms with E-state index >= 15 is 0 Å². The summed E-state index contributed by atoms with van der Waals surface area (Å²) >= 11 is 12.6. The molecule has 7 nitrogen and oxygen atoms in total. The first-order valence-electron chi connectivity index (χ1n) is 11.0. The molecule has 2 atom stereocenters. The molecule has 182 valence electrons. The number of aromatic nitrogens is 1. The smallest absolute Gasteiger partial charge is 0.313 e. The lowest BCUT2D eigenvalue weighted by Gasteiger charge is -2.19. The van der Waals surface area contributed by atoms with E-state index in [2.05, 4.69) is 5.32 Å². The molecule has 0 radical (unpaired) electrons. The summed E-state index contributed by atoms with van der Waals surface area (Å²) in [6.07, 6.45) is 0.608. The predicted molar refractivity (Wildman–Crippen MR) is 133 cm³/mol. The SMILES string of the molecule is CCOC(=O)C(CC)c1ccc([C@@H](CO)NC(=O)c2cc3c(Cl)c(Cl)c(OC)cc3n2C)cc1. The van der Waals surface area contributed by atoms with Crippen LogP contribution < -0.4 is 10.1 Å². The van der Waals surface area contributed by atoms with E-state index in [1.165, 1.54) is 7.11 Å². The zero-order valence-corrected chi connectivity index (χ0v) is 21.0. The average molecular weight is 507 g/mol. The van der Waals surface area contributed by atoms with Gasteiger partial charge in [-0.2, -0.15) is 0 Å². The minimum Gasteiger partial charge on any atom is -0.495 e. The summed E-state index contributed by atoms with van der Waals surface area (Å²) in [5, 5.41) is 14.0. The average Bonchev–Trinajstić information content (AvgIpc) is 3.17. The second-order valence-corrected chi connectivity index (χ2v) is 8.57. The Morgan fingerprint density at radius 3 is 2.29 bits per heavy atom. The Hall–Kier alpha value is -2.74. The standard InChI is InChI=1S/C25H28Cl2N2O5/c1-5-16(25(32)34-6-2)14-7-9-15(10-8-14)18(13-30)28-24(31)20-11-17-19(29(20)3)12-21(33-4)23(27)22(17)26/h7-12,16,18,30H,5-6,13H2,1-4H3,(H,28,31)/t16?,18-/m1/s1. The number of aliphatic hydroxyl groups is 1. The van der Waals surface area contributed by atoms with Gasteiger partial charge in [-0.1, -0.05) is 54.4 Å². The molecule has 3 aromatic rings. The van der Waals surface area contributed by atoms with E-state index in [1.807, 2.05) is 19.1 Å². The van der Waals surface area contributed by atoms with E-state index in [9.17, 15) is 14.7 Å². The van der Waals surface area contributed by atoms with Gasteiger partial charge in [0, 0.05) is 18.5 Å². The number of amides is 1. The molecular formula is C25H28Cl2N2O5. The molecule has 1 aromatic heterocycles. The largest absolute Gasteiger partial charge is 0.495 e. The van der Waals surface area contributed by atoms with Crippen molar-refractivity contribution in [3.8, 4) is 5.75 Å². The molecule has 0 aliphatic carbocycles. The van der Waals surface area contributed by atoms with E-state index in [0.717, 1.165) is 5.56 Å². The van der Waals surface area contributed by atoms with Crippen molar-refractivity contribution in [3.05, 3.63) is 63.3 Å². The Kier molecular flexibility index (Phi) is 8.47. The molecule has 0 fully saturated rings. The number of aliphatic hydroxyl groups excluding tert-OH is 1. The number of nitrogens with one attached hydrogen (secondary N) is 1. The molecule has 1 unspecified atom stereocenters. The number of rotatable bonds is 9. The summed E-state index contributed by atoms with van der Waals surface area (Å²) in [4.78, 5) is 25.3. The van der Waals surface area contributed by atoms with Gasteiger partial charge in [0.2, 0.25) is 0 Å². The quantitative estimate of drug-likeness (QED) is 0.398. The second-order valence-electron chi connectivity index (χ2n) is 7.82. The fraction of sp³-hybridized carbons (Fsp3) is 0.360. The zero-order valence-electron chi connectivity index (χ0n) is 19.5. The van der Waals surface area contributed by atoms with Crippen LogP contribution in [0.4, 0.5) is 0 Å². The molecule has 34 heavy (non-hydrogen) atoms. The van der Waals surface area contributed by atoms with Gasteiger partial charge in [0.1, 0.15) is 16.5 Å². The summed E-state index contributed by atoms with van der Waals surface area (Å²) in [6.45, 7) is 3.72. The highest BCUT2D eigenvalue weighted by atomic mass is 35.5. The molecule has 1 amide bonds. The van der Waals surface area contributed by atoms with Gasteiger partial charge in [0.25, 0.3) is 5.91 Å². The van der Waals surface area contributed by atoms with Gasteiger partial charge in [0.15, 0.2) is 0 Å². The summed E-state index contributed by atoms with van der Waals surface area (Å²) < 4.78 is 12.1. The molecule has 0 bridgehead atoms. The van der Waals surface area contributed by atoms with Crippen molar-refractivity contribution in [1.82, 2.24) is 9.88 Å². The first kappa shape index (κ1) is 25.9. The number of halogens is 2. The van der Waals surface area contributed by atoms with Crippen molar-refractivity contribution in [1.29, 1.82) is 0 Å². The topological polar surface area (TPSA) is 89.8 Å². The fourth-order valence-electron chi connectivity index (χ4n) is 3.96. The molecule has 0 saturated heterocycles. The number of hydrogen-bond donors (Lipinski definition) is 2. The normalized spacial score (nSPS) is 12.9. The highest BCUT2D eigenvalue weighted by Gasteiger charge is 2.23. The number of aryl methyl sites for hydroxylation is 1. The van der Waals surface area contributed by atoms with Crippen LogP contribution in [-0.2, 0) is 16.6 Å². The van der Waals surface area contributed by atoms with Gasteiger partial charge in [-0.05, 0) is 30.5 Å². The third-order valence-corrected chi connectivity index (χ3v) is 6.72. The van der Waals surface area contributed by atoms with Crippen LogP contribution in [0.15, 0.2) is 36.4 Å². The van der Waals surface area contributed by atoms with Crippen molar-refractivity contribution in [2.75, 3.05) is 20.3 Å². The van der Waals surface area contributed by atoms with Crippen LogP contribution in [0.3, 0.4) is 0 Å². The Balaban J connectivity index is 1.85. The summed E-state index contributed by atoms with van der Waals surface area (Å²) in [5.74, 6) is -0.601. The lowest BCUT2D eigenvalue weighted by molar-refractivity contribution is -0.145.